The highest BCUT2D eigenvalue weighted by molar-refractivity contribution is 7.12. The van der Waals surface area contributed by atoms with E-state index in [9.17, 15) is 0 Å². The van der Waals surface area contributed by atoms with Gasteiger partial charge in [-0.1, -0.05) is 24.3 Å². The molecule has 2 unspecified atom stereocenters. The summed E-state index contributed by atoms with van der Waals surface area (Å²) in [6.45, 7) is 0. The van der Waals surface area contributed by atoms with Gasteiger partial charge in [0.05, 0.1) is 10.7 Å². The first kappa shape index (κ1) is 13.3. The molecule has 2 fully saturated rings. The molecule has 2 atom stereocenters. The summed E-state index contributed by atoms with van der Waals surface area (Å²) in [5.74, 6) is 0.857. The van der Waals surface area contributed by atoms with Gasteiger partial charge in [-0.15, -0.1) is 11.3 Å². The highest BCUT2D eigenvalue weighted by Crippen LogP contribution is 2.42. The molecule has 0 radical (unpaired) electrons. The predicted octanol–water partition coefficient (Wildman–Crippen LogP) is 4.13. The van der Waals surface area contributed by atoms with E-state index in [1.807, 2.05) is 11.3 Å². The van der Waals surface area contributed by atoms with Gasteiger partial charge in [-0.05, 0) is 44.2 Å². The van der Waals surface area contributed by atoms with Crippen LogP contribution in [0, 0.1) is 5.92 Å². The van der Waals surface area contributed by atoms with Crippen LogP contribution in [0.2, 0.25) is 0 Å². The zero-order valence-corrected chi connectivity index (χ0v) is 13.9. The molecule has 2 aromatic rings. The maximum absolute atomic E-state index is 5.02. The van der Waals surface area contributed by atoms with E-state index in [4.69, 9.17) is 4.98 Å². The van der Waals surface area contributed by atoms with Gasteiger partial charge >= 0.3 is 0 Å². The number of fused-ring (bicyclic) bond motifs is 5. The second-order valence-corrected chi connectivity index (χ2v) is 8.47. The van der Waals surface area contributed by atoms with Crippen LogP contribution >= 0.6 is 11.3 Å². The number of nitrogens with zero attached hydrogens (tertiary/aromatic N) is 2. The molecule has 0 N–H and O–H groups in total. The van der Waals surface area contributed by atoms with Crippen LogP contribution in [0.15, 0.2) is 24.3 Å². The number of thiazole rings is 1. The first-order valence-electron chi connectivity index (χ1n) is 8.56. The third-order valence-corrected chi connectivity index (χ3v) is 7.10. The van der Waals surface area contributed by atoms with Crippen molar-refractivity contribution in [2.75, 3.05) is 7.05 Å². The van der Waals surface area contributed by atoms with Crippen molar-refractivity contribution < 1.29 is 0 Å². The maximum atomic E-state index is 5.02. The van der Waals surface area contributed by atoms with Crippen molar-refractivity contribution in [2.24, 2.45) is 5.92 Å². The van der Waals surface area contributed by atoms with Gasteiger partial charge in [0.15, 0.2) is 0 Å². The molecule has 0 saturated carbocycles. The molecule has 1 aromatic heterocycles. The van der Waals surface area contributed by atoms with E-state index in [-0.39, 0.29) is 0 Å². The molecular weight excluding hydrogens is 288 g/mol. The summed E-state index contributed by atoms with van der Waals surface area (Å²) < 4.78 is 0. The molecule has 1 aromatic carbocycles. The molecule has 114 valence electrons. The summed E-state index contributed by atoms with van der Waals surface area (Å²) in [6, 6.07) is 10.5. The van der Waals surface area contributed by atoms with E-state index < -0.39 is 0 Å². The van der Waals surface area contributed by atoms with Crippen LogP contribution in [0.5, 0.6) is 0 Å². The van der Waals surface area contributed by atoms with Crippen molar-refractivity contribution in [2.45, 2.75) is 50.6 Å². The minimum absolute atomic E-state index is 0.844. The maximum Gasteiger partial charge on any atom is 0.0938 e. The summed E-state index contributed by atoms with van der Waals surface area (Å²) in [7, 11) is 2.33. The normalized spacial score (nSPS) is 29.6. The van der Waals surface area contributed by atoms with Crippen LogP contribution in [0.4, 0.5) is 0 Å². The average molecular weight is 310 g/mol. The molecule has 5 rings (SSSR count). The topological polar surface area (TPSA) is 16.1 Å². The molecule has 2 bridgehead atoms. The van der Waals surface area contributed by atoms with E-state index in [1.165, 1.54) is 58.8 Å². The van der Waals surface area contributed by atoms with Crippen molar-refractivity contribution in [1.29, 1.82) is 0 Å². The molecule has 3 heterocycles. The van der Waals surface area contributed by atoms with Crippen molar-refractivity contribution in [3.63, 3.8) is 0 Å². The van der Waals surface area contributed by atoms with Crippen molar-refractivity contribution >= 4 is 11.3 Å². The molecule has 1 aliphatic carbocycles. The third kappa shape index (κ3) is 1.99. The van der Waals surface area contributed by atoms with Gasteiger partial charge in [-0.25, -0.2) is 4.98 Å². The number of aromatic nitrogens is 1. The Morgan fingerprint density at radius 3 is 2.77 bits per heavy atom. The quantitative estimate of drug-likeness (QED) is 0.707. The van der Waals surface area contributed by atoms with E-state index in [0.29, 0.717) is 0 Å². The minimum Gasteiger partial charge on any atom is -0.300 e. The number of hydrogen-bond donors (Lipinski definition) is 0. The average Bonchev–Trinajstić information content (AvgIpc) is 3.09. The number of rotatable bonds is 2. The zero-order chi connectivity index (χ0) is 14.7. The van der Waals surface area contributed by atoms with Crippen molar-refractivity contribution in [3.05, 3.63) is 39.7 Å². The van der Waals surface area contributed by atoms with Gasteiger partial charge < -0.3 is 4.90 Å². The van der Waals surface area contributed by atoms with E-state index in [2.05, 4.69) is 36.2 Å². The molecule has 22 heavy (non-hydrogen) atoms. The van der Waals surface area contributed by atoms with E-state index >= 15 is 0 Å². The van der Waals surface area contributed by atoms with E-state index in [0.717, 1.165) is 24.4 Å². The number of piperidine rings is 1. The monoisotopic (exact) mass is 310 g/mol. The second kappa shape index (κ2) is 4.90. The lowest BCUT2D eigenvalue weighted by Crippen LogP contribution is -2.40. The first-order valence-corrected chi connectivity index (χ1v) is 9.38. The molecule has 2 saturated heterocycles. The van der Waals surface area contributed by atoms with Gasteiger partial charge in [0.1, 0.15) is 0 Å². The first-order chi connectivity index (χ1) is 10.8. The van der Waals surface area contributed by atoms with Gasteiger partial charge in [0, 0.05) is 35.4 Å². The highest BCUT2D eigenvalue weighted by atomic mass is 32.1. The summed E-state index contributed by atoms with van der Waals surface area (Å²) in [4.78, 5) is 9.15. The fraction of sp³-hybridized carbons (Fsp3) is 0.526. The fourth-order valence-corrected chi connectivity index (χ4v) is 6.05. The van der Waals surface area contributed by atoms with Crippen LogP contribution in [0.3, 0.4) is 0 Å². The SMILES string of the molecule is CN1C2CCC1CC(Cc1nc3c(s1)Cc1ccccc1-3)C2. The number of benzene rings is 1. The van der Waals surface area contributed by atoms with Crippen molar-refractivity contribution in [3.8, 4) is 11.3 Å². The molecule has 2 nitrogen and oxygen atoms in total. The summed E-state index contributed by atoms with van der Waals surface area (Å²) in [5.41, 5.74) is 4.12. The molecule has 3 aliphatic rings. The van der Waals surface area contributed by atoms with Gasteiger partial charge in [-0.2, -0.15) is 0 Å². The third-order valence-electron chi connectivity index (χ3n) is 6.02. The summed E-state index contributed by atoms with van der Waals surface area (Å²) >= 11 is 1.97. The smallest absolute Gasteiger partial charge is 0.0938 e. The Balaban J connectivity index is 1.37. The van der Waals surface area contributed by atoms with E-state index in [1.54, 1.807) is 0 Å². The Labute approximate surface area is 136 Å². The zero-order valence-electron chi connectivity index (χ0n) is 13.1. The highest BCUT2D eigenvalue weighted by Gasteiger charge is 2.38. The van der Waals surface area contributed by atoms with Crippen LogP contribution in [0.1, 0.15) is 41.1 Å². The fourth-order valence-electron chi connectivity index (χ4n) is 4.83. The Morgan fingerprint density at radius 2 is 1.95 bits per heavy atom. The molecule has 3 heteroatoms. The minimum atomic E-state index is 0.844. The Hall–Kier alpha value is -1.19. The van der Waals surface area contributed by atoms with Gasteiger partial charge in [0.2, 0.25) is 0 Å². The van der Waals surface area contributed by atoms with Crippen LogP contribution in [-0.2, 0) is 12.8 Å². The summed E-state index contributed by atoms with van der Waals surface area (Å²) in [6.07, 6.45) is 7.91. The second-order valence-electron chi connectivity index (χ2n) is 7.31. The Morgan fingerprint density at radius 1 is 1.18 bits per heavy atom. The Bertz CT molecular complexity index is 706. The van der Waals surface area contributed by atoms with Gasteiger partial charge in [-0.3, -0.25) is 0 Å². The van der Waals surface area contributed by atoms with Crippen LogP contribution in [-0.4, -0.2) is 29.0 Å². The molecule has 0 spiro atoms. The Kier molecular flexibility index (Phi) is 2.96. The van der Waals surface area contributed by atoms with Crippen molar-refractivity contribution in [1.82, 2.24) is 9.88 Å². The standard InChI is InChI=1S/C19H22N2S/c1-21-14-6-7-15(21)9-12(8-14)10-18-20-19-16-5-3-2-4-13(16)11-17(19)22-18/h2-5,12,14-15H,6-11H2,1H3. The lowest BCUT2D eigenvalue weighted by Gasteiger charge is -2.36. The molecule has 2 aliphatic heterocycles. The molecular formula is C19H22N2S. The van der Waals surface area contributed by atoms with Crippen LogP contribution in [0.25, 0.3) is 11.3 Å². The lowest BCUT2D eigenvalue weighted by molar-refractivity contribution is 0.134. The van der Waals surface area contributed by atoms with Crippen LogP contribution < -0.4 is 0 Å². The predicted molar refractivity (Wildman–Crippen MR) is 91.4 cm³/mol. The lowest BCUT2D eigenvalue weighted by atomic mass is 9.89. The largest absolute Gasteiger partial charge is 0.300 e. The molecule has 0 amide bonds. The van der Waals surface area contributed by atoms with Gasteiger partial charge in [0.25, 0.3) is 0 Å². The summed E-state index contributed by atoms with van der Waals surface area (Å²) in [5, 5.41) is 1.38. The number of hydrogen-bond acceptors (Lipinski definition) is 3.